The largest absolute Gasteiger partial charge is 0.459 e. The highest BCUT2D eigenvalue weighted by Gasteiger charge is 2.43. The summed E-state index contributed by atoms with van der Waals surface area (Å²) in [6.45, 7) is 0.198. The van der Waals surface area contributed by atoms with E-state index in [1.54, 1.807) is 12.3 Å². The van der Waals surface area contributed by atoms with Crippen LogP contribution in [0.15, 0.2) is 77.3 Å². The SMILES string of the molecule is S=C1N[C@@H](c2ccccn2)[C@H](c2ccc(-c3cccc(Cl)c3Cl)o2)N1c1ccc2c(c1)OCO2. The second-order valence-corrected chi connectivity index (χ2v) is 9.01. The highest BCUT2D eigenvalue weighted by molar-refractivity contribution is 7.80. The fourth-order valence-electron chi connectivity index (χ4n) is 4.31. The molecule has 34 heavy (non-hydrogen) atoms. The maximum atomic E-state index is 6.45. The molecule has 2 aromatic heterocycles. The van der Waals surface area contributed by atoms with E-state index >= 15 is 0 Å². The molecule has 2 aromatic carbocycles. The number of fused-ring (bicyclic) bond motifs is 1. The van der Waals surface area contributed by atoms with Gasteiger partial charge in [0.1, 0.15) is 17.6 Å². The summed E-state index contributed by atoms with van der Waals surface area (Å²) in [5, 5.41) is 4.88. The second-order valence-electron chi connectivity index (χ2n) is 7.84. The van der Waals surface area contributed by atoms with Crippen LogP contribution in [0.2, 0.25) is 10.0 Å². The van der Waals surface area contributed by atoms with Gasteiger partial charge in [-0.1, -0.05) is 35.3 Å². The summed E-state index contributed by atoms with van der Waals surface area (Å²) in [6.07, 6.45) is 1.76. The Labute approximate surface area is 211 Å². The number of halogens is 2. The molecule has 0 spiro atoms. The number of nitrogens with zero attached hydrogens (tertiary/aromatic N) is 2. The van der Waals surface area contributed by atoms with Gasteiger partial charge in [-0.15, -0.1) is 0 Å². The van der Waals surface area contributed by atoms with Crippen molar-refractivity contribution in [3.05, 3.63) is 94.4 Å². The Balaban J connectivity index is 1.46. The highest BCUT2D eigenvalue weighted by Crippen LogP contribution is 2.46. The Kier molecular flexibility index (Phi) is 5.32. The molecule has 4 heterocycles. The van der Waals surface area contributed by atoms with Gasteiger partial charge in [0.05, 0.1) is 21.8 Å². The number of furan rings is 1. The van der Waals surface area contributed by atoms with Crippen LogP contribution < -0.4 is 19.7 Å². The van der Waals surface area contributed by atoms with Crippen LogP contribution in [0.1, 0.15) is 23.5 Å². The van der Waals surface area contributed by atoms with Gasteiger partial charge in [0.25, 0.3) is 0 Å². The molecule has 2 aliphatic rings. The van der Waals surface area contributed by atoms with E-state index in [2.05, 4.69) is 10.3 Å². The first kappa shape index (κ1) is 21.3. The first-order valence-electron chi connectivity index (χ1n) is 10.5. The number of benzene rings is 2. The number of thiocarbonyl (C=S) groups is 1. The molecule has 0 radical (unpaired) electrons. The third-order valence-corrected chi connectivity index (χ3v) is 7.00. The molecule has 2 atom stereocenters. The zero-order chi connectivity index (χ0) is 23.2. The average molecular weight is 510 g/mol. The smallest absolute Gasteiger partial charge is 0.231 e. The first-order chi connectivity index (χ1) is 16.6. The molecule has 6 rings (SSSR count). The predicted octanol–water partition coefficient (Wildman–Crippen LogP) is 6.55. The predicted molar refractivity (Wildman–Crippen MR) is 135 cm³/mol. The normalized spacial score (nSPS) is 18.9. The number of aromatic nitrogens is 1. The van der Waals surface area contributed by atoms with Crippen molar-refractivity contribution in [1.82, 2.24) is 10.3 Å². The third kappa shape index (κ3) is 3.57. The summed E-state index contributed by atoms with van der Waals surface area (Å²) in [4.78, 5) is 6.59. The van der Waals surface area contributed by atoms with Gasteiger partial charge in [-0.3, -0.25) is 4.98 Å². The van der Waals surface area contributed by atoms with E-state index in [1.165, 1.54) is 0 Å². The van der Waals surface area contributed by atoms with Gasteiger partial charge < -0.3 is 24.1 Å². The molecule has 0 saturated carbocycles. The minimum Gasteiger partial charge on any atom is -0.459 e. The van der Waals surface area contributed by atoms with Gasteiger partial charge in [0, 0.05) is 23.5 Å². The van der Waals surface area contributed by atoms with Crippen molar-refractivity contribution in [1.29, 1.82) is 0 Å². The molecule has 4 aromatic rings. The molecule has 0 unspecified atom stereocenters. The molecule has 1 N–H and O–H groups in total. The lowest BCUT2D eigenvalue weighted by molar-refractivity contribution is 0.174. The lowest BCUT2D eigenvalue weighted by Gasteiger charge is -2.26. The molecular formula is C25H17Cl2N3O3S. The van der Waals surface area contributed by atoms with Gasteiger partial charge >= 0.3 is 0 Å². The number of rotatable bonds is 4. The van der Waals surface area contributed by atoms with E-state index in [0.29, 0.717) is 38.2 Å². The summed E-state index contributed by atoms with van der Waals surface area (Å²) >= 11 is 18.5. The Bertz CT molecular complexity index is 1400. The minimum absolute atomic E-state index is 0.198. The summed E-state index contributed by atoms with van der Waals surface area (Å²) in [5.41, 5.74) is 2.42. The molecule has 1 saturated heterocycles. The molecule has 0 aliphatic carbocycles. The van der Waals surface area contributed by atoms with Crippen molar-refractivity contribution in [2.45, 2.75) is 12.1 Å². The lowest BCUT2D eigenvalue weighted by atomic mass is 10.0. The van der Waals surface area contributed by atoms with Crippen LogP contribution in [0.3, 0.4) is 0 Å². The Morgan fingerprint density at radius 1 is 0.971 bits per heavy atom. The molecular weight excluding hydrogens is 493 g/mol. The quantitative estimate of drug-likeness (QED) is 0.312. The third-order valence-electron chi connectivity index (χ3n) is 5.87. The number of nitrogens with one attached hydrogen (secondary N) is 1. The Morgan fingerprint density at radius 3 is 2.71 bits per heavy atom. The number of ether oxygens (including phenoxy) is 2. The minimum atomic E-state index is -0.311. The number of hydrogen-bond donors (Lipinski definition) is 1. The van der Waals surface area contributed by atoms with E-state index in [9.17, 15) is 0 Å². The fourth-order valence-corrected chi connectivity index (χ4v) is 5.05. The molecule has 170 valence electrons. The van der Waals surface area contributed by atoms with Crippen molar-refractivity contribution in [2.24, 2.45) is 0 Å². The van der Waals surface area contributed by atoms with Crippen molar-refractivity contribution in [3.63, 3.8) is 0 Å². The Morgan fingerprint density at radius 2 is 1.85 bits per heavy atom. The number of anilines is 1. The van der Waals surface area contributed by atoms with Crippen LogP contribution in [0, 0.1) is 0 Å². The number of hydrogen-bond acceptors (Lipinski definition) is 5. The summed E-state index contributed by atoms with van der Waals surface area (Å²) in [7, 11) is 0. The maximum Gasteiger partial charge on any atom is 0.231 e. The second kappa shape index (κ2) is 8.51. The van der Waals surface area contributed by atoms with Crippen LogP contribution >= 0.6 is 35.4 Å². The van der Waals surface area contributed by atoms with Crippen LogP contribution in [-0.4, -0.2) is 16.9 Å². The average Bonchev–Trinajstić information content (AvgIpc) is 3.59. The van der Waals surface area contributed by atoms with Gasteiger partial charge in [-0.05, 0) is 60.7 Å². The van der Waals surface area contributed by atoms with Crippen LogP contribution in [0.25, 0.3) is 11.3 Å². The molecule has 1 fully saturated rings. The monoisotopic (exact) mass is 509 g/mol. The molecule has 2 aliphatic heterocycles. The van der Waals surface area contributed by atoms with E-state index in [4.69, 9.17) is 49.3 Å². The summed E-state index contributed by atoms with van der Waals surface area (Å²) < 4.78 is 17.4. The van der Waals surface area contributed by atoms with Gasteiger partial charge in [-0.25, -0.2) is 0 Å². The lowest BCUT2D eigenvalue weighted by Crippen LogP contribution is -2.29. The summed E-state index contributed by atoms with van der Waals surface area (Å²) in [5.74, 6) is 2.69. The van der Waals surface area contributed by atoms with Crippen molar-refractivity contribution in [3.8, 4) is 22.8 Å². The van der Waals surface area contributed by atoms with Gasteiger partial charge in [0.2, 0.25) is 6.79 Å². The Hall–Kier alpha value is -3.26. The first-order valence-corrected chi connectivity index (χ1v) is 11.7. The number of pyridine rings is 1. The molecule has 9 heteroatoms. The highest BCUT2D eigenvalue weighted by atomic mass is 35.5. The standard InChI is InChI=1S/C25H17Cl2N3O3S/c26-16-5-3-4-15(22(16)27)18-9-10-20(33-18)24-23(17-6-1-2-11-28-17)29-25(34)30(24)14-7-8-19-21(12-14)32-13-31-19/h1-12,23-24H,13H2,(H,29,34)/t23-,24-/m0/s1. The van der Waals surface area contributed by atoms with Crippen molar-refractivity contribution >= 4 is 46.2 Å². The topological polar surface area (TPSA) is 59.8 Å². The van der Waals surface area contributed by atoms with Crippen molar-refractivity contribution < 1.29 is 13.9 Å². The van der Waals surface area contributed by atoms with E-state index in [-0.39, 0.29) is 18.9 Å². The molecule has 0 bridgehead atoms. The molecule has 0 amide bonds. The summed E-state index contributed by atoms with van der Waals surface area (Å²) in [6, 6.07) is 20.3. The fraction of sp³-hybridized carbons (Fsp3) is 0.120. The van der Waals surface area contributed by atoms with E-state index < -0.39 is 0 Å². The van der Waals surface area contributed by atoms with Gasteiger partial charge in [0.15, 0.2) is 16.6 Å². The maximum absolute atomic E-state index is 6.45. The zero-order valence-corrected chi connectivity index (χ0v) is 19.9. The van der Waals surface area contributed by atoms with Crippen molar-refractivity contribution in [2.75, 3.05) is 11.7 Å². The van der Waals surface area contributed by atoms with Crippen LogP contribution in [0.5, 0.6) is 11.5 Å². The van der Waals surface area contributed by atoms with E-state index in [0.717, 1.165) is 16.9 Å². The van der Waals surface area contributed by atoms with E-state index in [1.807, 2.05) is 65.6 Å². The molecule has 6 nitrogen and oxygen atoms in total. The zero-order valence-electron chi connectivity index (χ0n) is 17.6. The van der Waals surface area contributed by atoms with Crippen LogP contribution in [0.4, 0.5) is 5.69 Å². The van der Waals surface area contributed by atoms with Gasteiger partial charge in [-0.2, -0.15) is 0 Å². The van der Waals surface area contributed by atoms with Crippen LogP contribution in [-0.2, 0) is 0 Å².